The zero-order valence-electron chi connectivity index (χ0n) is 17.6. The van der Waals surface area contributed by atoms with E-state index in [1.54, 1.807) is 11.0 Å². The molecule has 6 nitrogen and oxygen atoms in total. The summed E-state index contributed by atoms with van der Waals surface area (Å²) in [5.74, 6) is -0.0983. The van der Waals surface area contributed by atoms with Crippen molar-refractivity contribution >= 4 is 35.1 Å². The first-order valence-corrected chi connectivity index (χ1v) is 11.0. The van der Waals surface area contributed by atoms with Crippen LogP contribution in [0.4, 0.5) is 4.79 Å². The van der Waals surface area contributed by atoms with Gasteiger partial charge in [0.2, 0.25) is 5.91 Å². The maximum Gasteiger partial charge on any atom is 0.318 e. The summed E-state index contributed by atoms with van der Waals surface area (Å²) >= 11 is 12.4. The van der Waals surface area contributed by atoms with Gasteiger partial charge in [0.1, 0.15) is 6.54 Å². The van der Waals surface area contributed by atoms with Crippen molar-refractivity contribution in [2.75, 3.05) is 19.6 Å². The summed E-state index contributed by atoms with van der Waals surface area (Å²) in [4.78, 5) is 29.4. The lowest BCUT2D eigenvalue weighted by atomic mass is 9.99. The molecule has 1 aromatic heterocycles. The highest BCUT2D eigenvalue weighted by molar-refractivity contribution is 6.42. The first kappa shape index (κ1) is 22.5. The van der Waals surface area contributed by atoms with Gasteiger partial charge in [-0.15, -0.1) is 0 Å². The van der Waals surface area contributed by atoms with Crippen LogP contribution in [0, 0.1) is 0 Å². The average molecular weight is 451 g/mol. The first-order chi connectivity index (χ1) is 14.3. The lowest BCUT2D eigenvalue weighted by Gasteiger charge is -2.39. The van der Waals surface area contributed by atoms with E-state index in [1.807, 2.05) is 56.1 Å². The van der Waals surface area contributed by atoms with Crippen molar-refractivity contribution in [2.45, 2.75) is 45.8 Å². The maximum absolute atomic E-state index is 13.4. The molecule has 2 heterocycles. The number of hydrogen-bond donors (Lipinski definition) is 1. The zero-order chi connectivity index (χ0) is 21.8. The normalized spacial score (nSPS) is 15.8. The standard InChI is InChI=1S/C22H28Cl2N4O2/c1-4-9-25-22(30)28(15(2)3)14-20(29)27-12-11-26-10-5-6-19(26)21(27)16-7-8-17(23)18(24)13-16/h5-8,10,13,15,21H,4,9,11-12,14H2,1-3H3,(H,25,30). The zero-order valence-corrected chi connectivity index (χ0v) is 19.1. The van der Waals surface area contributed by atoms with Crippen molar-refractivity contribution in [2.24, 2.45) is 0 Å². The molecule has 162 valence electrons. The molecule has 0 fully saturated rings. The van der Waals surface area contributed by atoms with E-state index in [4.69, 9.17) is 23.2 Å². The smallest absolute Gasteiger partial charge is 0.318 e. The predicted octanol–water partition coefficient (Wildman–Crippen LogP) is 4.56. The van der Waals surface area contributed by atoms with Crippen LogP contribution in [0.3, 0.4) is 0 Å². The third-order valence-electron chi connectivity index (χ3n) is 5.33. The van der Waals surface area contributed by atoms with E-state index >= 15 is 0 Å². The molecule has 0 radical (unpaired) electrons. The fourth-order valence-electron chi connectivity index (χ4n) is 3.74. The lowest BCUT2D eigenvalue weighted by Crippen LogP contribution is -2.52. The van der Waals surface area contributed by atoms with Crippen molar-refractivity contribution in [3.8, 4) is 0 Å². The van der Waals surface area contributed by atoms with Gasteiger partial charge >= 0.3 is 6.03 Å². The molecular weight excluding hydrogens is 423 g/mol. The maximum atomic E-state index is 13.4. The quantitative estimate of drug-likeness (QED) is 0.700. The van der Waals surface area contributed by atoms with Crippen LogP contribution in [0.1, 0.15) is 44.5 Å². The highest BCUT2D eigenvalue weighted by Crippen LogP contribution is 2.35. The Morgan fingerprint density at radius 1 is 1.20 bits per heavy atom. The van der Waals surface area contributed by atoms with Crippen LogP contribution in [-0.2, 0) is 11.3 Å². The van der Waals surface area contributed by atoms with Gasteiger partial charge in [-0.05, 0) is 50.1 Å². The Morgan fingerprint density at radius 2 is 1.97 bits per heavy atom. The van der Waals surface area contributed by atoms with Crippen molar-refractivity contribution in [3.05, 3.63) is 57.8 Å². The number of halogens is 2. The Labute approximate surface area is 187 Å². The number of carbonyl (C=O) groups excluding carboxylic acids is 2. The second-order valence-electron chi connectivity index (χ2n) is 7.74. The predicted molar refractivity (Wildman–Crippen MR) is 120 cm³/mol. The third kappa shape index (κ3) is 4.76. The van der Waals surface area contributed by atoms with E-state index in [0.29, 0.717) is 29.7 Å². The van der Waals surface area contributed by atoms with Gasteiger partial charge in [-0.2, -0.15) is 0 Å². The van der Waals surface area contributed by atoms with Crippen molar-refractivity contribution in [1.82, 2.24) is 19.7 Å². The summed E-state index contributed by atoms with van der Waals surface area (Å²) in [7, 11) is 0. The summed E-state index contributed by atoms with van der Waals surface area (Å²) < 4.78 is 2.14. The number of benzene rings is 1. The van der Waals surface area contributed by atoms with E-state index in [-0.39, 0.29) is 30.6 Å². The third-order valence-corrected chi connectivity index (χ3v) is 6.07. The molecule has 1 atom stereocenters. The van der Waals surface area contributed by atoms with E-state index < -0.39 is 0 Å². The van der Waals surface area contributed by atoms with E-state index in [2.05, 4.69) is 9.88 Å². The molecule has 1 unspecified atom stereocenters. The summed E-state index contributed by atoms with van der Waals surface area (Å²) in [6.07, 6.45) is 2.86. The Morgan fingerprint density at radius 3 is 2.63 bits per heavy atom. The number of rotatable bonds is 6. The number of aromatic nitrogens is 1. The van der Waals surface area contributed by atoms with Gasteiger partial charge in [0.05, 0.1) is 16.1 Å². The van der Waals surface area contributed by atoms with Crippen molar-refractivity contribution in [1.29, 1.82) is 0 Å². The first-order valence-electron chi connectivity index (χ1n) is 10.3. The van der Waals surface area contributed by atoms with Gasteiger partial charge < -0.3 is 19.7 Å². The molecule has 0 bridgehead atoms. The number of nitrogens with zero attached hydrogens (tertiary/aromatic N) is 3. The van der Waals surface area contributed by atoms with Crippen LogP contribution in [-0.4, -0.2) is 52.0 Å². The van der Waals surface area contributed by atoms with Crippen LogP contribution in [0.2, 0.25) is 10.0 Å². The van der Waals surface area contributed by atoms with Crippen LogP contribution < -0.4 is 5.32 Å². The summed E-state index contributed by atoms with van der Waals surface area (Å²) in [5, 5.41) is 3.80. The average Bonchev–Trinajstić information content (AvgIpc) is 3.20. The van der Waals surface area contributed by atoms with Crippen LogP contribution in [0.5, 0.6) is 0 Å². The van der Waals surface area contributed by atoms with Gasteiger partial charge in [0, 0.05) is 37.6 Å². The summed E-state index contributed by atoms with van der Waals surface area (Å²) in [6.45, 7) is 7.68. The highest BCUT2D eigenvalue weighted by Gasteiger charge is 2.34. The van der Waals surface area contributed by atoms with Gasteiger partial charge in [0.15, 0.2) is 0 Å². The molecule has 1 aromatic carbocycles. The van der Waals surface area contributed by atoms with Crippen molar-refractivity contribution in [3.63, 3.8) is 0 Å². The molecule has 1 N–H and O–H groups in total. The number of carbonyl (C=O) groups is 2. The fourth-order valence-corrected chi connectivity index (χ4v) is 4.05. The number of nitrogens with one attached hydrogen (secondary N) is 1. The second kappa shape index (κ2) is 9.75. The fraction of sp³-hybridized carbons (Fsp3) is 0.455. The topological polar surface area (TPSA) is 57.6 Å². The largest absolute Gasteiger partial charge is 0.348 e. The highest BCUT2D eigenvalue weighted by atomic mass is 35.5. The van der Waals surface area contributed by atoms with E-state index in [1.165, 1.54) is 0 Å². The molecular formula is C22H28Cl2N4O2. The molecule has 0 aliphatic carbocycles. The molecule has 0 saturated heterocycles. The molecule has 3 rings (SSSR count). The van der Waals surface area contributed by atoms with Gasteiger partial charge in [0.25, 0.3) is 0 Å². The Balaban J connectivity index is 1.89. The lowest BCUT2D eigenvalue weighted by molar-refractivity contribution is -0.134. The minimum Gasteiger partial charge on any atom is -0.348 e. The van der Waals surface area contributed by atoms with E-state index in [9.17, 15) is 9.59 Å². The van der Waals surface area contributed by atoms with Gasteiger partial charge in [-0.3, -0.25) is 4.79 Å². The van der Waals surface area contributed by atoms with Gasteiger partial charge in [-0.25, -0.2) is 4.79 Å². The summed E-state index contributed by atoms with van der Waals surface area (Å²) in [6, 6.07) is 8.86. The van der Waals surface area contributed by atoms with Crippen LogP contribution in [0.25, 0.3) is 0 Å². The monoisotopic (exact) mass is 450 g/mol. The van der Waals surface area contributed by atoms with Crippen LogP contribution in [0.15, 0.2) is 36.5 Å². The second-order valence-corrected chi connectivity index (χ2v) is 8.56. The SMILES string of the molecule is CCCNC(=O)N(CC(=O)N1CCn2cccc2C1c1ccc(Cl)c(Cl)c1)C(C)C. The molecule has 1 aliphatic heterocycles. The van der Waals surface area contributed by atoms with Crippen molar-refractivity contribution < 1.29 is 9.59 Å². The molecule has 1 aliphatic rings. The minimum atomic E-state index is -0.288. The number of urea groups is 1. The van der Waals surface area contributed by atoms with E-state index in [0.717, 1.165) is 17.7 Å². The minimum absolute atomic E-state index is 0.0196. The molecule has 2 aromatic rings. The van der Waals surface area contributed by atoms with Gasteiger partial charge in [-0.1, -0.05) is 36.2 Å². The number of fused-ring (bicyclic) bond motifs is 1. The number of amides is 3. The molecule has 30 heavy (non-hydrogen) atoms. The Hall–Kier alpha value is -2.18. The Kier molecular flexibility index (Phi) is 7.32. The molecule has 3 amide bonds. The molecule has 0 saturated carbocycles. The number of hydrogen-bond acceptors (Lipinski definition) is 2. The molecule has 8 heteroatoms. The summed E-state index contributed by atoms with van der Waals surface area (Å²) in [5.41, 5.74) is 1.91. The molecule has 0 spiro atoms. The Bertz CT molecular complexity index is 912. The van der Waals surface area contributed by atoms with Crippen LogP contribution >= 0.6 is 23.2 Å².